The van der Waals surface area contributed by atoms with Crippen molar-refractivity contribution in [2.45, 2.75) is 12.5 Å². The van der Waals surface area contributed by atoms with Crippen molar-refractivity contribution >= 4 is 17.4 Å². The Kier molecular flexibility index (Phi) is 3.07. The van der Waals surface area contributed by atoms with Crippen LogP contribution in [0.3, 0.4) is 0 Å². The fraction of sp³-hybridized carbons (Fsp3) is 0.455. The molecule has 2 rings (SSSR count). The number of benzene rings is 1. The van der Waals surface area contributed by atoms with Crippen molar-refractivity contribution in [3.05, 3.63) is 23.8 Å². The molecule has 2 unspecified atom stereocenters. The van der Waals surface area contributed by atoms with Crippen LogP contribution in [0.1, 0.15) is 18.1 Å². The number of para-hydroxylation sites is 1. The summed E-state index contributed by atoms with van der Waals surface area (Å²) in [5, 5.41) is 19.6. The van der Waals surface area contributed by atoms with Gasteiger partial charge in [0.1, 0.15) is 5.75 Å². The quantitative estimate of drug-likeness (QED) is 0.530. The minimum Gasteiger partial charge on any atom is -0.506 e. The van der Waals surface area contributed by atoms with Gasteiger partial charge in [0.2, 0.25) is 0 Å². The van der Waals surface area contributed by atoms with Crippen LogP contribution in [0.4, 0.5) is 5.69 Å². The number of aromatic hydroxyl groups is 1. The molecule has 1 aromatic carbocycles. The van der Waals surface area contributed by atoms with E-state index >= 15 is 0 Å². The minimum absolute atomic E-state index is 0.0530. The average molecular weight is 225 g/mol. The van der Waals surface area contributed by atoms with E-state index in [2.05, 4.69) is 0 Å². The van der Waals surface area contributed by atoms with E-state index in [1.807, 2.05) is 11.8 Å². The predicted molar refractivity (Wildman–Crippen MR) is 62.9 cm³/mol. The summed E-state index contributed by atoms with van der Waals surface area (Å²) in [5.74, 6) is 2.38. The molecule has 15 heavy (non-hydrogen) atoms. The molecule has 0 spiro atoms. The highest BCUT2D eigenvalue weighted by Gasteiger charge is 2.26. The monoisotopic (exact) mass is 225 g/mol. The second-order valence-corrected chi connectivity index (χ2v) is 5.00. The van der Waals surface area contributed by atoms with Crippen molar-refractivity contribution in [3.8, 4) is 5.75 Å². The third-order valence-corrected chi connectivity index (χ3v) is 4.04. The molecule has 1 saturated heterocycles. The normalized spacial score (nSPS) is 22.9. The maximum Gasteiger partial charge on any atom is 0.138 e. The van der Waals surface area contributed by atoms with Crippen LogP contribution >= 0.6 is 11.8 Å². The molecular weight excluding hydrogens is 210 g/mol. The van der Waals surface area contributed by atoms with Gasteiger partial charge in [-0.15, -0.1) is 0 Å². The predicted octanol–water partition coefficient (Wildman–Crippen LogP) is 1.76. The molecule has 1 heterocycles. The fourth-order valence-corrected chi connectivity index (χ4v) is 3.17. The highest BCUT2D eigenvalue weighted by molar-refractivity contribution is 7.99. The van der Waals surface area contributed by atoms with Crippen LogP contribution in [0, 0.1) is 5.92 Å². The second kappa shape index (κ2) is 4.33. The number of phenolic OH excluding ortho intramolecular Hbond substituents is 1. The molecule has 0 saturated carbocycles. The SMILES string of the molecule is Nc1c(O)cccc1C(O)C1CCSC1. The first-order chi connectivity index (χ1) is 7.20. The number of hydrogen-bond acceptors (Lipinski definition) is 4. The van der Waals surface area contributed by atoms with E-state index < -0.39 is 6.10 Å². The summed E-state index contributed by atoms with van der Waals surface area (Å²) in [6, 6.07) is 5.03. The lowest BCUT2D eigenvalue weighted by Gasteiger charge is -2.19. The Morgan fingerprint density at radius 3 is 2.93 bits per heavy atom. The highest BCUT2D eigenvalue weighted by Crippen LogP contribution is 2.38. The summed E-state index contributed by atoms with van der Waals surface area (Å²) in [6.45, 7) is 0. The number of rotatable bonds is 2. The van der Waals surface area contributed by atoms with E-state index in [1.165, 1.54) is 6.07 Å². The minimum atomic E-state index is -0.549. The summed E-state index contributed by atoms with van der Waals surface area (Å²) < 4.78 is 0. The zero-order valence-corrected chi connectivity index (χ0v) is 9.20. The first-order valence-corrected chi connectivity index (χ1v) is 6.19. The number of anilines is 1. The molecule has 4 N–H and O–H groups in total. The molecule has 1 aliphatic heterocycles. The van der Waals surface area contributed by atoms with Crippen molar-refractivity contribution in [3.63, 3.8) is 0 Å². The average Bonchev–Trinajstić information content (AvgIpc) is 2.74. The standard InChI is InChI=1S/C11H15NO2S/c12-10-8(2-1-3-9(10)13)11(14)7-4-5-15-6-7/h1-3,7,11,13-14H,4-6,12H2. The number of aliphatic hydroxyl groups excluding tert-OH is 1. The largest absolute Gasteiger partial charge is 0.506 e. The summed E-state index contributed by atoms with van der Waals surface area (Å²) in [7, 11) is 0. The first kappa shape index (κ1) is 10.6. The van der Waals surface area contributed by atoms with Gasteiger partial charge in [-0.2, -0.15) is 11.8 Å². The molecule has 0 bridgehead atoms. The number of phenols is 1. The van der Waals surface area contributed by atoms with E-state index in [9.17, 15) is 10.2 Å². The van der Waals surface area contributed by atoms with Gasteiger partial charge in [0.15, 0.2) is 0 Å². The summed E-state index contributed by atoms with van der Waals surface area (Å²) >= 11 is 1.85. The highest BCUT2D eigenvalue weighted by atomic mass is 32.2. The maximum absolute atomic E-state index is 10.1. The molecule has 0 radical (unpaired) electrons. The van der Waals surface area contributed by atoms with Gasteiger partial charge < -0.3 is 15.9 Å². The number of thioether (sulfide) groups is 1. The second-order valence-electron chi connectivity index (χ2n) is 3.85. The smallest absolute Gasteiger partial charge is 0.138 e. The number of nitrogens with two attached hydrogens (primary N) is 1. The van der Waals surface area contributed by atoms with Crippen molar-refractivity contribution < 1.29 is 10.2 Å². The van der Waals surface area contributed by atoms with Gasteiger partial charge >= 0.3 is 0 Å². The van der Waals surface area contributed by atoms with Crippen molar-refractivity contribution in [2.24, 2.45) is 5.92 Å². The Labute approximate surface area is 93.3 Å². The molecule has 1 fully saturated rings. The van der Waals surface area contributed by atoms with Crippen LogP contribution in [0.25, 0.3) is 0 Å². The third kappa shape index (κ3) is 2.06. The lowest BCUT2D eigenvalue weighted by atomic mass is 9.94. The summed E-state index contributed by atoms with van der Waals surface area (Å²) in [4.78, 5) is 0. The van der Waals surface area contributed by atoms with Gasteiger partial charge in [0.05, 0.1) is 11.8 Å². The Balaban J connectivity index is 2.24. The summed E-state index contributed by atoms with van der Waals surface area (Å²) in [5.41, 5.74) is 6.70. The Morgan fingerprint density at radius 1 is 1.47 bits per heavy atom. The van der Waals surface area contributed by atoms with Crippen LogP contribution < -0.4 is 5.73 Å². The molecule has 4 heteroatoms. The zero-order valence-electron chi connectivity index (χ0n) is 8.39. The fourth-order valence-electron chi connectivity index (χ4n) is 1.88. The summed E-state index contributed by atoms with van der Waals surface area (Å²) in [6.07, 6.45) is 0.466. The van der Waals surface area contributed by atoms with Crippen LogP contribution in [0.5, 0.6) is 5.75 Å². The van der Waals surface area contributed by atoms with Gasteiger partial charge in [-0.3, -0.25) is 0 Å². The van der Waals surface area contributed by atoms with Crippen molar-refractivity contribution in [1.29, 1.82) is 0 Å². The van der Waals surface area contributed by atoms with Gasteiger partial charge in [-0.1, -0.05) is 12.1 Å². The molecule has 0 aromatic heterocycles. The van der Waals surface area contributed by atoms with Gasteiger partial charge in [0, 0.05) is 5.56 Å². The third-order valence-electron chi connectivity index (χ3n) is 2.85. The zero-order chi connectivity index (χ0) is 10.8. The molecule has 1 aromatic rings. The Bertz CT molecular complexity index is 350. The molecule has 1 aliphatic rings. The Morgan fingerprint density at radius 2 is 2.27 bits per heavy atom. The lowest BCUT2D eigenvalue weighted by molar-refractivity contribution is 0.122. The van der Waals surface area contributed by atoms with E-state index in [4.69, 9.17) is 5.73 Å². The van der Waals surface area contributed by atoms with E-state index in [1.54, 1.807) is 12.1 Å². The number of hydrogen-bond donors (Lipinski definition) is 3. The lowest BCUT2D eigenvalue weighted by Crippen LogP contribution is -2.13. The van der Waals surface area contributed by atoms with E-state index in [-0.39, 0.29) is 11.7 Å². The van der Waals surface area contributed by atoms with Crippen LogP contribution in [0.15, 0.2) is 18.2 Å². The van der Waals surface area contributed by atoms with Crippen molar-refractivity contribution in [2.75, 3.05) is 17.2 Å². The van der Waals surface area contributed by atoms with E-state index in [0.29, 0.717) is 11.3 Å². The van der Waals surface area contributed by atoms with Gasteiger partial charge in [0.25, 0.3) is 0 Å². The molecular formula is C11H15NO2S. The molecule has 2 atom stereocenters. The molecule has 0 aliphatic carbocycles. The molecule has 0 amide bonds. The van der Waals surface area contributed by atoms with Crippen LogP contribution in [-0.2, 0) is 0 Å². The topological polar surface area (TPSA) is 66.5 Å². The van der Waals surface area contributed by atoms with E-state index in [0.717, 1.165) is 17.9 Å². The number of aliphatic hydroxyl groups is 1. The first-order valence-electron chi connectivity index (χ1n) is 5.03. The molecule has 3 nitrogen and oxygen atoms in total. The van der Waals surface area contributed by atoms with Crippen molar-refractivity contribution in [1.82, 2.24) is 0 Å². The Hall–Kier alpha value is -0.870. The van der Waals surface area contributed by atoms with Gasteiger partial charge in [-0.05, 0) is 29.9 Å². The molecule has 82 valence electrons. The van der Waals surface area contributed by atoms with Crippen LogP contribution in [0.2, 0.25) is 0 Å². The van der Waals surface area contributed by atoms with Crippen LogP contribution in [-0.4, -0.2) is 21.7 Å². The maximum atomic E-state index is 10.1. The van der Waals surface area contributed by atoms with Gasteiger partial charge in [-0.25, -0.2) is 0 Å². The number of nitrogen functional groups attached to an aromatic ring is 1.